The molecule has 0 aliphatic carbocycles. The number of alkyl halides is 3. The van der Waals surface area contributed by atoms with Gasteiger partial charge >= 0.3 is 6.18 Å². The third-order valence-electron chi connectivity index (χ3n) is 7.34. The lowest BCUT2D eigenvalue weighted by Crippen LogP contribution is -2.41. The third kappa shape index (κ3) is 5.55. The highest BCUT2D eigenvalue weighted by Gasteiger charge is 2.39. The molecule has 0 spiro atoms. The smallest absolute Gasteiger partial charge is 0.313 e. The fourth-order valence-corrected chi connectivity index (χ4v) is 6.70. The van der Waals surface area contributed by atoms with Gasteiger partial charge < -0.3 is 10.2 Å². The van der Waals surface area contributed by atoms with Crippen molar-refractivity contribution in [2.75, 3.05) is 32.4 Å². The number of nitrogens with one attached hydrogen (secondary N) is 2. The van der Waals surface area contributed by atoms with E-state index in [4.69, 9.17) is 0 Å². The van der Waals surface area contributed by atoms with Crippen LogP contribution in [-0.4, -0.2) is 72.4 Å². The Morgan fingerprint density at radius 3 is 2.35 bits per heavy atom. The van der Waals surface area contributed by atoms with Crippen molar-refractivity contribution < 1.29 is 21.6 Å². The second kappa shape index (κ2) is 10.1. The number of aromatic amines is 1. The van der Waals surface area contributed by atoms with E-state index in [1.807, 2.05) is 24.3 Å². The van der Waals surface area contributed by atoms with E-state index in [1.165, 1.54) is 24.5 Å². The zero-order valence-electron chi connectivity index (χ0n) is 20.4. The number of likely N-dealkylation sites (tertiary alicyclic amines) is 1. The molecule has 2 aromatic carbocycles. The second-order valence-corrected chi connectivity index (χ2v) is 11.8. The van der Waals surface area contributed by atoms with Crippen molar-refractivity contribution in [2.45, 2.75) is 48.7 Å². The molecule has 5 rings (SSSR count). The van der Waals surface area contributed by atoms with Crippen LogP contribution in [0, 0.1) is 0 Å². The molecule has 3 heterocycles. The Labute approximate surface area is 213 Å². The Bertz CT molecular complexity index is 1330. The second-order valence-electron chi connectivity index (χ2n) is 9.87. The fourth-order valence-electron chi connectivity index (χ4n) is 5.54. The predicted octanol–water partition coefficient (Wildman–Crippen LogP) is 3.89. The van der Waals surface area contributed by atoms with Crippen molar-refractivity contribution in [2.24, 2.45) is 0 Å². The van der Waals surface area contributed by atoms with Crippen molar-refractivity contribution >= 4 is 9.84 Å². The summed E-state index contributed by atoms with van der Waals surface area (Å²) in [6.45, 7) is 4.25. The zero-order valence-corrected chi connectivity index (χ0v) is 21.2. The molecule has 0 saturated carbocycles. The summed E-state index contributed by atoms with van der Waals surface area (Å²) < 4.78 is 66.6. The minimum Gasteiger partial charge on any atom is -0.313 e. The molecule has 0 bridgehead atoms. The number of hydrogen-bond acceptors (Lipinski definition) is 7. The van der Waals surface area contributed by atoms with E-state index in [2.05, 4.69) is 30.8 Å². The maximum Gasteiger partial charge on any atom is 0.417 e. The van der Waals surface area contributed by atoms with Crippen LogP contribution >= 0.6 is 0 Å². The zero-order chi connectivity index (χ0) is 26.2. The first kappa shape index (κ1) is 25.8. The molecule has 2 fully saturated rings. The van der Waals surface area contributed by atoms with Crippen LogP contribution in [0.25, 0.3) is 22.5 Å². The number of aromatic nitrogens is 4. The van der Waals surface area contributed by atoms with Crippen LogP contribution in [0.2, 0.25) is 0 Å². The molecule has 2 N–H and O–H groups in total. The van der Waals surface area contributed by atoms with Crippen molar-refractivity contribution in [3.8, 4) is 22.5 Å². The van der Waals surface area contributed by atoms with Gasteiger partial charge in [0.25, 0.3) is 0 Å². The van der Waals surface area contributed by atoms with Crippen LogP contribution in [0.15, 0.2) is 41.3 Å². The summed E-state index contributed by atoms with van der Waals surface area (Å²) in [6.07, 6.45) is 0.447. The van der Waals surface area contributed by atoms with Crippen LogP contribution < -0.4 is 5.32 Å². The highest BCUT2D eigenvalue weighted by atomic mass is 32.2. The monoisotopic (exact) mass is 534 g/mol. The molecular formula is C25H29F3N6O2S. The van der Waals surface area contributed by atoms with Gasteiger partial charge in [0.05, 0.1) is 10.5 Å². The van der Waals surface area contributed by atoms with Crippen LogP contribution in [0.4, 0.5) is 13.2 Å². The van der Waals surface area contributed by atoms with Gasteiger partial charge in [0.15, 0.2) is 15.7 Å². The molecule has 12 heteroatoms. The highest BCUT2D eigenvalue weighted by molar-refractivity contribution is 7.91. The largest absolute Gasteiger partial charge is 0.417 e. The van der Waals surface area contributed by atoms with Crippen LogP contribution in [0.3, 0.4) is 0 Å². The first-order valence-electron chi connectivity index (χ1n) is 12.4. The topological polar surface area (TPSA) is 104 Å². The first-order valence-corrected chi connectivity index (χ1v) is 14.2. The molecule has 2 saturated heterocycles. The van der Waals surface area contributed by atoms with Crippen molar-refractivity contribution in [3.63, 3.8) is 0 Å². The molecule has 8 nitrogen and oxygen atoms in total. The fraction of sp³-hybridized carbons (Fsp3) is 0.480. The number of nitrogens with zero attached hydrogens (tertiary/aromatic N) is 4. The number of hydrogen-bond donors (Lipinski definition) is 2. The maximum atomic E-state index is 13.8. The van der Waals surface area contributed by atoms with Gasteiger partial charge in [-0.2, -0.15) is 13.2 Å². The normalized spacial score (nSPS) is 19.9. The van der Waals surface area contributed by atoms with E-state index in [1.54, 1.807) is 0 Å². The van der Waals surface area contributed by atoms with Crippen molar-refractivity contribution in [1.82, 2.24) is 30.8 Å². The number of H-pyrrole nitrogens is 1. The Morgan fingerprint density at radius 1 is 1.05 bits per heavy atom. The molecule has 1 atom stereocenters. The Kier molecular flexibility index (Phi) is 7.08. The van der Waals surface area contributed by atoms with E-state index in [9.17, 15) is 21.6 Å². The summed E-state index contributed by atoms with van der Waals surface area (Å²) in [7, 11) is -4.29. The quantitative estimate of drug-likeness (QED) is 0.495. The summed E-state index contributed by atoms with van der Waals surface area (Å²) in [4.78, 5) is 1.67. The lowest BCUT2D eigenvalue weighted by atomic mass is 9.87. The SMILES string of the molecule is CS(=O)(=O)c1c(C(F)(F)F)ccc(-c2ccc(C3CCN(CC4CCCN4)CC3)cc2)c1-c1nnn[nH]1. The molecule has 37 heavy (non-hydrogen) atoms. The van der Waals surface area contributed by atoms with Gasteiger partial charge in [-0.3, -0.25) is 0 Å². The summed E-state index contributed by atoms with van der Waals surface area (Å²) >= 11 is 0. The molecule has 2 aliphatic heterocycles. The lowest BCUT2D eigenvalue weighted by molar-refractivity contribution is -0.139. The maximum absolute atomic E-state index is 13.8. The van der Waals surface area contributed by atoms with Crippen LogP contribution in [-0.2, 0) is 16.0 Å². The van der Waals surface area contributed by atoms with Gasteiger partial charge in [0.1, 0.15) is 0 Å². The molecule has 0 radical (unpaired) electrons. The molecular weight excluding hydrogens is 505 g/mol. The van der Waals surface area contributed by atoms with Gasteiger partial charge in [-0.1, -0.05) is 30.3 Å². The van der Waals surface area contributed by atoms with Gasteiger partial charge in [-0.15, -0.1) is 5.10 Å². The Hall–Kier alpha value is -2.83. The Balaban J connectivity index is 1.44. The van der Waals surface area contributed by atoms with E-state index < -0.39 is 26.5 Å². The standard InChI is InChI=1S/C25H29F3N6O2S/c1-37(35,36)23-21(25(26,27)28)9-8-20(22(23)24-30-32-33-31-24)18-6-4-16(5-7-18)17-10-13-34(14-11-17)15-19-3-2-12-29-19/h4-9,17,19,29H,2-3,10-15H2,1H3,(H,30,31,32,33). The summed E-state index contributed by atoms with van der Waals surface area (Å²) in [5.41, 5.74) is 0.613. The van der Waals surface area contributed by atoms with E-state index >= 15 is 0 Å². The van der Waals surface area contributed by atoms with Crippen LogP contribution in [0.1, 0.15) is 42.7 Å². The molecule has 1 unspecified atom stereocenters. The molecule has 198 valence electrons. The minimum atomic E-state index is -4.87. The first-order chi connectivity index (χ1) is 17.6. The number of rotatable bonds is 6. The number of tetrazole rings is 1. The summed E-state index contributed by atoms with van der Waals surface area (Å²) in [6, 6.07) is 10.3. The number of piperidine rings is 1. The predicted molar refractivity (Wildman–Crippen MR) is 133 cm³/mol. The molecule has 3 aromatic rings. The third-order valence-corrected chi connectivity index (χ3v) is 8.50. The van der Waals surface area contributed by atoms with Gasteiger partial charge in [-0.05, 0) is 84.4 Å². The average molecular weight is 535 g/mol. The summed E-state index contributed by atoms with van der Waals surface area (Å²) in [5.74, 6) is 0.258. The number of benzene rings is 2. The van der Waals surface area contributed by atoms with Gasteiger partial charge in [-0.25, -0.2) is 13.5 Å². The van der Waals surface area contributed by atoms with E-state index in [0.717, 1.165) is 51.3 Å². The highest BCUT2D eigenvalue weighted by Crippen LogP contribution is 2.43. The van der Waals surface area contributed by atoms with Crippen molar-refractivity contribution in [3.05, 3.63) is 47.5 Å². The van der Waals surface area contributed by atoms with Gasteiger partial charge in [0.2, 0.25) is 0 Å². The molecule has 1 aromatic heterocycles. The van der Waals surface area contributed by atoms with Crippen LogP contribution in [0.5, 0.6) is 0 Å². The molecule has 2 aliphatic rings. The summed E-state index contributed by atoms with van der Waals surface area (Å²) in [5, 5.41) is 16.6. The average Bonchev–Trinajstić information content (AvgIpc) is 3.57. The lowest BCUT2D eigenvalue weighted by Gasteiger charge is -2.33. The number of halogens is 3. The Morgan fingerprint density at radius 2 is 1.78 bits per heavy atom. The minimum absolute atomic E-state index is 0.144. The number of sulfone groups is 1. The van der Waals surface area contributed by atoms with Crippen molar-refractivity contribution in [1.29, 1.82) is 0 Å². The molecule has 0 amide bonds. The van der Waals surface area contributed by atoms with Gasteiger partial charge in [0, 0.05) is 24.4 Å². The van der Waals surface area contributed by atoms with E-state index in [-0.39, 0.29) is 11.4 Å². The van der Waals surface area contributed by atoms with E-state index in [0.29, 0.717) is 23.1 Å².